The third kappa shape index (κ3) is 6.67. The molecule has 0 aliphatic carbocycles. The molecule has 2 aromatic rings. The smallest absolute Gasteiger partial charge is 0.352 e. The minimum Gasteiger partial charge on any atom is -0.352 e. The zero-order valence-electron chi connectivity index (χ0n) is 14.4. The van der Waals surface area contributed by atoms with Crippen molar-refractivity contribution in [3.05, 3.63) is 64.2 Å². The van der Waals surface area contributed by atoms with Crippen LogP contribution in [0.5, 0.6) is 0 Å². The molecule has 2 amide bonds. The van der Waals surface area contributed by atoms with Gasteiger partial charge in [-0.15, -0.1) is 0 Å². The maximum Gasteiger partial charge on any atom is 0.417 e. The highest BCUT2D eigenvalue weighted by Gasteiger charge is 2.43. The number of benzene rings is 2. The predicted octanol–water partition coefficient (Wildman–Crippen LogP) is 5.02. The maximum absolute atomic E-state index is 12.9. The van der Waals surface area contributed by atoms with Gasteiger partial charge in [0.05, 0.1) is 11.1 Å². The average molecular weight is 439 g/mol. The van der Waals surface area contributed by atoms with Gasteiger partial charge in [-0.1, -0.05) is 23.7 Å². The summed E-state index contributed by atoms with van der Waals surface area (Å²) < 4.78 is 77.0. The topological polar surface area (TPSA) is 58.2 Å². The summed E-state index contributed by atoms with van der Waals surface area (Å²) in [5.41, 5.74) is -3.62. The van der Waals surface area contributed by atoms with Crippen molar-refractivity contribution in [1.29, 1.82) is 0 Å². The highest BCUT2D eigenvalue weighted by molar-refractivity contribution is 6.30. The van der Waals surface area contributed by atoms with Crippen molar-refractivity contribution in [2.45, 2.75) is 25.3 Å². The quantitative estimate of drug-likeness (QED) is 0.508. The van der Waals surface area contributed by atoms with Crippen molar-refractivity contribution in [2.75, 3.05) is 5.32 Å². The van der Waals surface area contributed by atoms with E-state index in [1.54, 1.807) is 24.3 Å². The molecule has 156 valence electrons. The van der Waals surface area contributed by atoms with Crippen LogP contribution in [0.25, 0.3) is 0 Å². The molecule has 29 heavy (non-hydrogen) atoms. The molecule has 0 unspecified atom stereocenters. The van der Waals surface area contributed by atoms with E-state index in [0.717, 1.165) is 0 Å². The number of hydrogen-bond donors (Lipinski definition) is 2. The van der Waals surface area contributed by atoms with Crippen molar-refractivity contribution in [2.24, 2.45) is 0 Å². The molecule has 0 aliphatic heterocycles. The summed E-state index contributed by atoms with van der Waals surface area (Å²) >= 11 is 5.72. The normalized spacial score (nSPS) is 11.8. The summed E-state index contributed by atoms with van der Waals surface area (Å²) in [4.78, 5) is 23.6. The number of anilines is 1. The molecule has 0 aliphatic rings. The van der Waals surface area contributed by atoms with Crippen LogP contribution in [0.4, 0.5) is 32.0 Å². The van der Waals surface area contributed by atoms with Crippen LogP contribution in [-0.2, 0) is 28.5 Å². The summed E-state index contributed by atoms with van der Waals surface area (Å²) in [7, 11) is 0. The van der Waals surface area contributed by atoms with Crippen molar-refractivity contribution < 1.29 is 35.9 Å². The molecule has 0 aromatic heterocycles. The molecule has 0 atom stereocenters. The van der Waals surface area contributed by atoms with Gasteiger partial charge in [0.15, 0.2) is 0 Å². The number of amides is 2. The van der Waals surface area contributed by atoms with Crippen LogP contribution < -0.4 is 10.6 Å². The number of hydrogen-bond acceptors (Lipinski definition) is 2. The van der Waals surface area contributed by atoms with Crippen molar-refractivity contribution in [1.82, 2.24) is 5.32 Å². The molecule has 11 heteroatoms. The van der Waals surface area contributed by atoms with Gasteiger partial charge in [0.25, 0.3) is 0 Å². The molecule has 0 radical (unpaired) electrons. The van der Waals surface area contributed by atoms with Gasteiger partial charge in [0.1, 0.15) is 6.42 Å². The fraction of sp³-hybridized carbons (Fsp3) is 0.222. The number of rotatable bonds is 5. The van der Waals surface area contributed by atoms with E-state index in [9.17, 15) is 35.9 Å². The Hall–Kier alpha value is -2.75. The minimum absolute atomic E-state index is 0.0851. The van der Waals surface area contributed by atoms with Gasteiger partial charge in [-0.25, -0.2) is 0 Å². The van der Waals surface area contributed by atoms with E-state index >= 15 is 0 Å². The first-order chi connectivity index (χ1) is 13.4. The van der Waals surface area contributed by atoms with Gasteiger partial charge in [0, 0.05) is 17.3 Å². The molecule has 2 N–H and O–H groups in total. The Morgan fingerprint density at radius 3 is 1.97 bits per heavy atom. The van der Waals surface area contributed by atoms with Crippen LogP contribution in [0.1, 0.15) is 23.1 Å². The number of nitrogens with one attached hydrogen (secondary N) is 2. The Morgan fingerprint density at radius 2 is 1.41 bits per heavy atom. The van der Waals surface area contributed by atoms with E-state index in [-0.39, 0.29) is 18.7 Å². The second-order valence-electron chi connectivity index (χ2n) is 5.88. The van der Waals surface area contributed by atoms with E-state index in [1.807, 2.05) is 5.32 Å². The number of carbonyl (C=O) groups is 2. The van der Waals surface area contributed by atoms with Gasteiger partial charge in [0.2, 0.25) is 11.8 Å². The third-order valence-corrected chi connectivity index (χ3v) is 3.89. The lowest BCUT2D eigenvalue weighted by Gasteiger charge is -2.17. The van der Waals surface area contributed by atoms with Crippen LogP contribution >= 0.6 is 11.6 Å². The van der Waals surface area contributed by atoms with Crippen LogP contribution in [-0.4, -0.2) is 11.8 Å². The van der Waals surface area contributed by atoms with Crippen LogP contribution in [0.3, 0.4) is 0 Å². The largest absolute Gasteiger partial charge is 0.417 e. The summed E-state index contributed by atoms with van der Waals surface area (Å²) in [6.45, 7) is 0.0851. The van der Waals surface area contributed by atoms with Gasteiger partial charge in [-0.2, -0.15) is 26.3 Å². The van der Waals surface area contributed by atoms with Gasteiger partial charge in [-0.3, -0.25) is 9.59 Å². The fourth-order valence-corrected chi connectivity index (χ4v) is 2.45. The SMILES string of the molecule is O=C(CC(=O)Nc1ccc(C(F)(F)F)c(C(F)(F)F)c1)NCc1ccc(Cl)cc1. The lowest BCUT2D eigenvalue weighted by Crippen LogP contribution is -2.28. The van der Waals surface area contributed by atoms with Crippen LogP contribution in [0.2, 0.25) is 5.02 Å². The number of alkyl halides is 6. The molecule has 0 saturated carbocycles. The second-order valence-corrected chi connectivity index (χ2v) is 6.32. The molecule has 0 saturated heterocycles. The van der Waals surface area contributed by atoms with E-state index in [4.69, 9.17) is 11.6 Å². The first kappa shape index (κ1) is 22.5. The Morgan fingerprint density at radius 1 is 0.828 bits per heavy atom. The van der Waals surface area contributed by atoms with E-state index in [2.05, 4.69) is 5.32 Å². The Kier molecular flexibility index (Phi) is 6.78. The Labute approximate surface area is 165 Å². The summed E-state index contributed by atoms with van der Waals surface area (Å²) in [6, 6.07) is 7.55. The molecule has 2 aromatic carbocycles. The zero-order chi connectivity index (χ0) is 21.8. The van der Waals surface area contributed by atoms with Gasteiger partial charge in [-0.05, 0) is 35.9 Å². The summed E-state index contributed by atoms with van der Waals surface area (Å²) in [6.07, 6.45) is -11.2. The standard InChI is InChI=1S/C18H13ClF6N2O2/c19-11-3-1-10(2-4-11)9-26-15(28)8-16(29)27-12-5-6-13(17(20,21)22)14(7-12)18(23,24)25/h1-7H,8-9H2,(H,26,28)(H,27,29). The van der Waals surface area contributed by atoms with E-state index in [0.29, 0.717) is 16.7 Å². The Bertz CT molecular complexity index is 895. The first-order valence-electron chi connectivity index (χ1n) is 7.95. The van der Waals surface area contributed by atoms with Gasteiger partial charge >= 0.3 is 12.4 Å². The van der Waals surface area contributed by atoms with Crippen LogP contribution in [0, 0.1) is 0 Å². The van der Waals surface area contributed by atoms with Gasteiger partial charge < -0.3 is 10.6 Å². The Balaban J connectivity index is 2.01. The molecule has 0 spiro atoms. The molecular formula is C18H13ClF6N2O2. The second kappa shape index (κ2) is 8.73. The average Bonchev–Trinajstić information content (AvgIpc) is 2.59. The highest BCUT2D eigenvalue weighted by Crippen LogP contribution is 2.41. The molecule has 0 bridgehead atoms. The number of carbonyl (C=O) groups excluding carboxylic acids is 2. The fourth-order valence-electron chi connectivity index (χ4n) is 2.32. The third-order valence-electron chi connectivity index (χ3n) is 3.64. The van der Waals surface area contributed by atoms with Crippen molar-refractivity contribution in [3.8, 4) is 0 Å². The molecular weight excluding hydrogens is 426 g/mol. The molecule has 0 heterocycles. The van der Waals surface area contributed by atoms with Crippen molar-refractivity contribution >= 4 is 29.1 Å². The van der Waals surface area contributed by atoms with Crippen LogP contribution in [0.15, 0.2) is 42.5 Å². The zero-order valence-corrected chi connectivity index (χ0v) is 15.2. The monoisotopic (exact) mass is 438 g/mol. The maximum atomic E-state index is 12.9. The molecule has 2 rings (SSSR count). The van der Waals surface area contributed by atoms with E-state index in [1.165, 1.54) is 0 Å². The lowest BCUT2D eigenvalue weighted by atomic mass is 10.1. The van der Waals surface area contributed by atoms with Crippen molar-refractivity contribution in [3.63, 3.8) is 0 Å². The van der Waals surface area contributed by atoms with E-state index < -0.39 is 47.4 Å². The first-order valence-corrected chi connectivity index (χ1v) is 8.33. The molecule has 4 nitrogen and oxygen atoms in total. The number of halogens is 7. The minimum atomic E-state index is -5.28. The predicted molar refractivity (Wildman–Crippen MR) is 93.0 cm³/mol. The summed E-state index contributed by atoms with van der Waals surface area (Å²) in [5.74, 6) is -1.70. The highest BCUT2D eigenvalue weighted by atomic mass is 35.5. The summed E-state index contributed by atoms with van der Waals surface area (Å²) in [5, 5.41) is 4.91. The molecule has 0 fully saturated rings. The lowest BCUT2D eigenvalue weighted by molar-refractivity contribution is -0.162.